The monoisotopic (exact) mass is 571 g/mol. The lowest BCUT2D eigenvalue weighted by Crippen LogP contribution is -2.47. The van der Waals surface area contributed by atoms with Gasteiger partial charge in [0.2, 0.25) is 11.8 Å². The molecule has 2 heterocycles. The predicted molar refractivity (Wildman–Crippen MR) is 151 cm³/mol. The minimum absolute atomic E-state index is 0.0679. The van der Waals surface area contributed by atoms with Crippen molar-refractivity contribution in [2.45, 2.75) is 52.4 Å². The molecule has 0 aliphatic carbocycles. The number of amides is 2. The Bertz CT molecular complexity index is 1420. The van der Waals surface area contributed by atoms with Crippen LogP contribution in [0.3, 0.4) is 0 Å². The molecule has 3 aromatic rings. The van der Waals surface area contributed by atoms with Crippen LogP contribution in [-0.2, 0) is 36.2 Å². The zero-order valence-electron chi connectivity index (χ0n) is 23.0. The highest BCUT2D eigenvalue weighted by Gasteiger charge is 2.39. The van der Waals surface area contributed by atoms with E-state index in [4.69, 9.17) is 9.05 Å². The van der Waals surface area contributed by atoms with E-state index in [1.54, 1.807) is 42.8 Å². The van der Waals surface area contributed by atoms with Crippen LogP contribution < -0.4 is 10.6 Å². The van der Waals surface area contributed by atoms with Gasteiger partial charge in [0.05, 0.1) is 25.1 Å². The smallest absolute Gasteiger partial charge is 0.354 e. The molecule has 1 aromatic heterocycles. The van der Waals surface area contributed by atoms with Gasteiger partial charge in [-0.25, -0.2) is 4.39 Å². The van der Waals surface area contributed by atoms with Crippen molar-refractivity contribution in [2.75, 3.05) is 26.3 Å². The summed E-state index contributed by atoms with van der Waals surface area (Å²) in [7, 11) is -3.60. The molecule has 0 bridgehead atoms. The first kappa shape index (κ1) is 29.6. The largest absolute Gasteiger partial charge is 0.361 e. The van der Waals surface area contributed by atoms with E-state index in [0.29, 0.717) is 34.7 Å². The van der Waals surface area contributed by atoms with Crippen molar-refractivity contribution in [2.24, 2.45) is 0 Å². The minimum atomic E-state index is -3.60. The van der Waals surface area contributed by atoms with Crippen LogP contribution in [0.2, 0.25) is 0 Å². The molecule has 0 unspecified atom stereocenters. The molecule has 2 amide bonds. The molecule has 214 valence electrons. The molecule has 1 N–H and O–H groups in total. The van der Waals surface area contributed by atoms with Crippen LogP contribution in [0.5, 0.6) is 0 Å². The van der Waals surface area contributed by atoms with Gasteiger partial charge in [-0.2, -0.15) is 0 Å². The fraction of sp³-hybridized carbons (Fsp3) is 0.414. The first-order valence-corrected chi connectivity index (χ1v) is 15.0. The van der Waals surface area contributed by atoms with E-state index in [0.717, 1.165) is 5.56 Å². The Hall–Kier alpha value is -3.33. The number of halogens is 1. The van der Waals surface area contributed by atoms with Crippen LogP contribution in [0.1, 0.15) is 43.1 Å². The molecular weight excluding hydrogens is 536 g/mol. The summed E-state index contributed by atoms with van der Waals surface area (Å²) < 4.78 is 40.2. The SMILES string of the molecule is CCOP(=O)(OCC)c1ccc2c(c1)c(C(C)=O)cn2CC(=O)N1C[C@H](F)C[C@H]1C(=O)NCCc1ccccc1. The van der Waals surface area contributed by atoms with Crippen LogP contribution in [0.4, 0.5) is 4.39 Å². The number of Topliss-reactive ketones (excluding diaryl/α,β-unsaturated/α-hetero) is 1. The average Bonchev–Trinajstić information content (AvgIpc) is 3.50. The summed E-state index contributed by atoms with van der Waals surface area (Å²) in [5, 5.41) is 3.64. The number of rotatable bonds is 12. The number of aromatic nitrogens is 1. The molecule has 1 fully saturated rings. The van der Waals surface area contributed by atoms with Crippen LogP contribution in [0.15, 0.2) is 54.7 Å². The Labute approximate surface area is 233 Å². The first-order chi connectivity index (χ1) is 19.2. The zero-order chi connectivity index (χ0) is 28.9. The van der Waals surface area contributed by atoms with Gasteiger partial charge in [0.15, 0.2) is 5.78 Å². The Morgan fingerprint density at radius 1 is 1.07 bits per heavy atom. The van der Waals surface area contributed by atoms with E-state index in [1.165, 1.54) is 11.8 Å². The topological polar surface area (TPSA) is 107 Å². The third-order valence-electron chi connectivity index (χ3n) is 6.89. The van der Waals surface area contributed by atoms with Crippen LogP contribution in [-0.4, -0.2) is 65.6 Å². The number of fused-ring (bicyclic) bond motifs is 1. The number of benzene rings is 2. The molecule has 1 saturated heterocycles. The summed E-state index contributed by atoms with van der Waals surface area (Å²) in [6.07, 6.45) is 0.800. The third-order valence-corrected chi connectivity index (χ3v) is 9.00. The quantitative estimate of drug-likeness (QED) is 0.260. The van der Waals surface area contributed by atoms with E-state index < -0.39 is 31.6 Å². The molecule has 2 atom stereocenters. The molecule has 0 radical (unpaired) electrons. The van der Waals surface area contributed by atoms with Gasteiger partial charge in [-0.1, -0.05) is 30.3 Å². The van der Waals surface area contributed by atoms with Gasteiger partial charge < -0.3 is 23.8 Å². The molecule has 0 spiro atoms. The average molecular weight is 572 g/mol. The summed E-state index contributed by atoms with van der Waals surface area (Å²) >= 11 is 0. The summed E-state index contributed by atoms with van der Waals surface area (Å²) in [4.78, 5) is 40.0. The molecule has 11 heteroatoms. The van der Waals surface area contributed by atoms with Crippen LogP contribution >= 0.6 is 7.60 Å². The van der Waals surface area contributed by atoms with Crippen molar-refractivity contribution in [1.82, 2.24) is 14.8 Å². The lowest BCUT2D eigenvalue weighted by Gasteiger charge is -2.24. The maximum absolute atomic E-state index is 14.4. The van der Waals surface area contributed by atoms with E-state index in [2.05, 4.69) is 5.32 Å². The fourth-order valence-corrected chi connectivity index (χ4v) is 6.63. The molecule has 4 rings (SSSR count). The van der Waals surface area contributed by atoms with Gasteiger partial charge in [0.1, 0.15) is 18.8 Å². The van der Waals surface area contributed by atoms with Crippen LogP contribution in [0.25, 0.3) is 10.9 Å². The van der Waals surface area contributed by atoms with Gasteiger partial charge >= 0.3 is 7.60 Å². The van der Waals surface area contributed by atoms with Crippen molar-refractivity contribution in [3.05, 3.63) is 65.9 Å². The maximum Gasteiger partial charge on any atom is 0.361 e. The number of ketones is 1. The van der Waals surface area contributed by atoms with Gasteiger partial charge in [-0.3, -0.25) is 18.9 Å². The van der Waals surface area contributed by atoms with Crippen molar-refractivity contribution >= 4 is 41.4 Å². The van der Waals surface area contributed by atoms with Gasteiger partial charge in [0, 0.05) is 35.6 Å². The molecule has 1 aliphatic heterocycles. The van der Waals surface area contributed by atoms with E-state index in [-0.39, 0.29) is 38.5 Å². The van der Waals surface area contributed by atoms with Crippen molar-refractivity contribution < 1.29 is 32.4 Å². The number of alkyl halides is 1. The highest BCUT2D eigenvalue weighted by molar-refractivity contribution is 7.62. The third kappa shape index (κ3) is 6.52. The fourth-order valence-electron chi connectivity index (χ4n) is 5.03. The summed E-state index contributed by atoms with van der Waals surface area (Å²) in [6, 6.07) is 13.6. The summed E-state index contributed by atoms with van der Waals surface area (Å²) in [6.45, 7) is 5.19. The number of likely N-dealkylation sites (tertiary alicyclic amines) is 1. The Balaban J connectivity index is 1.53. The Morgan fingerprint density at radius 2 is 1.77 bits per heavy atom. The summed E-state index contributed by atoms with van der Waals surface area (Å²) in [5.74, 6) is -1.07. The molecule has 2 aromatic carbocycles. The standard InChI is InChI=1S/C29H35FN3O6P/c1-4-38-40(37,39-5-2)23-11-12-26-24(16-23)25(20(3)34)18-32(26)19-28(35)33-17-22(30)15-27(33)29(36)31-14-13-21-9-7-6-8-10-21/h6-12,16,18,22,27H,4-5,13-15,17,19H2,1-3H3,(H,31,36)/t22-,27+/m1/s1. The maximum atomic E-state index is 14.4. The number of nitrogens with one attached hydrogen (secondary N) is 1. The Morgan fingerprint density at radius 3 is 2.42 bits per heavy atom. The minimum Gasteiger partial charge on any atom is -0.354 e. The van der Waals surface area contributed by atoms with Gasteiger partial charge in [0.25, 0.3) is 0 Å². The zero-order valence-corrected chi connectivity index (χ0v) is 23.9. The molecular formula is C29H35FN3O6P. The van der Waals surface area contributed by atoms with E-state index in [1.807, 2.05) is 30.3 Å². The van der Waals surface area contributed by atoms with Crippen LogP contribution in [0, 0.1) is 0 Å². The molecule has 1 aliphatic rings. The number of hydrogen-bond donors (Lipinski definition) is 1. The second kappa shape index (κ2) is 12.9. The van der Waals surface area contributed by atoms with E-state index in [9.17, 15) is 23.3 Å². The molecule has 40 heavy (non-hydrogen) atoms. The second-order valence-electron chi connectivity index (χ2n) is 9.68. The second-order valence-corrected chi connectivity index (χ2v) is 11.7. The highest BCUT2D eigenvalue weighted by atomic mass is 31.2. The van der Waals surface area contributed by atoms with Gasteiger partial charge in [-0.05, 0) is 51.0 Å². The Kier molecular flexibility index (Phi) is 9.56. The van der Waals surface area contributed by atoms with Crippen molar-refractivity contribution in [3.8, 4) is 0 Å². The lowest BCUT2D eigenvalue weighted by atomic mass is 10.1. The van der Waals surface area contributed by atoms with E-state index >= 15 is 0 Å². The van der Waals surface area contributed by atoms with Gasteiger partial charge in [-0.15, -0.1) is 0 Å². The molecule has 0 saturated carbocycles. The highest BCUT2D eigenvalue weighted by Crippen LogP contribution is 2.47. The van der Waals surface area contributed by atoms with Crippen molar-refractivity contribution in [3.63, 3.8) is 0 Å². The number of nitrogens with zero attached hydrogens (tertiary/aromatic N) is 2. The normalized spacial score (nSPS) is 17.4. The lowest BCUT2D eigenvalue weighted by molar-refractivity contribution is -0.138. The number of carbonyl (C=O) groups is 3. The number of hydrogen-bond acceptors (Lipinski definition) is 6. The first-order valence-electron chi connectivity index (χ1n) is 13.5. The molecule has 9 nitrogen and oxygen atoms in total. The summed E-state index contributed by atoms with van der Waals surface area (Å²) in [5.41, 5.74) is 1.96. The van der Waals surface area contributed by atoms with Crippen molar-refractivity contribution in [1.29, 1.82) is 0 Å². The number of carbonyl (C=O) groups excluding carboxylic acids is 3. The predicted octanol–water partition coefficient (Wildman–Crippen LogP) is 4.03.